The molecule has 0 unspecified atom stereocenters. The molecule has 0 aromatic heterocycles. The van der Waals surface area contributed by atoms with Gasteiger partial charge in [-0.15, -0.1) is 11.8 Å². The van der Waals surface area contributed by atoms with E-state index in [9.17, 15) is 9.18 Å². The average Bonchev–Trinajstić information content (AvgIpc) is 2.58. The Morgan fingerprint density at radius 1 is 1.12 bits per heavy atom. The molecule has 2 rings (SSSR count). The van der Waals surface area contributed by atoms with Gasteiger partial charge in [0, 0.05) is 16.8 Å². The Balaban J connectivity index is 1.51. The van der Waals surface area contributed by atoms with Crippen LogP contribution >= 0.6 is 27.7 Å². The van der Waals surface area contributed by atoms with E-state index in [4.69, 9.17) is 4.74 Å². The second-order valence-electron chi connectivity index (χ2n) is 5.08. The fourth-order valence-corrected chi connectivity index (χ4v) is 2.86. The Hall–Kier alpha value is -1.53. The summed E-state index contributed by atoms with van der Waals surface area (Å²) < 4.78 is 19.4. The number of hydrogen-bond donors (Lipinski definition) is 1. The number of nitrogens with one attached hydrogen (secondary N) is 1. The van der Waals surface area contributed by atoms with E-state index in [0.29, 0.717) is 25.3 Å². The van der Waals surface area contributed by atoms with Crippen molar-refractivity contribution in [2.75, 3.05) is 24.7 Å². The van der Waals surface area contributed by atoms with Crippen molar-refractivity contribution in [3.8, 4) is 5.75 Å². The molecule has 0 aliphatic heterocycles. The molecule has 0 saturated carbocycles. The molecule has 6 heteroatoms. The minimum atomic E-state index is -0.246. The predicted molar refractivity (Wildman–Crippen MR) is 100 cm³/mol. The third-order valence-corrected chi connectivity index (χ3v) is 4.64. The summed E-state index contributed by atoms with van der Waals surface area (Å²) in [4.78, 5) is 11.7. The van der Waals surface area contributed by atoms with Crippen LogP contribution in [0.1, 0.15) is 5.56 Å². The van der Waals surface area contributed by atoms with Gasteiger partial charge in [-0.25, -0.2) is 4.39 Å². The lowest BCUT2D eigenvalue weighted by Crippen LogP contribution is -2.27. The molecule has 3 nitrogen and oxygen atoms in total. The van der Waals surface area contributed by atoms with Gasteiger partial charge in [0.1, 0.15) is 11.6 Å². The van der Waals surface area contributed by atoms with E-state index in [1.54, 1.807) is 12.1 Å². The maximum Gasteiger partial charge on any atom is 0.230 e. The molecule has 0 aliphatic carbocycles. The first kappa shape index (κ1) is 18.8. The second-order valence-corrected chi connectivity index (χ2v) is 7.10. The zero-order valence-electron chi connectivity index (χ0n) is 13.1. The van der Waals surface area contributed by atoms with Crippen LogP contribution in [0.5, 0.6) is 5.75 Å². The molecule has 0 atom stereocenters. The van der Waals surface area contributed by atoms with Gasteiger partial charge in [0.25, 0.3) is 0 Å². The van der Waals surface area contributed by atoms with Crippen LogP contribution < -0.4 is 10.1 Å². The maximum absolute atomic E-state index is 12.8. The molecular weight excluding hydrogens is 393 g/mol. The van der Waals surface area contributed by atoms with E-state index in [1.807, 2.05) is 24.3 Å². The summed E-state index contributed by atoms with van der Waals surface area (Å²) in [5.41, 5.74) is 1.01. The van der Waals surface area contributed by atoms with Crippen molar-refractivity contribution in [3.05, 3.63) is 64.4 Å². The molecule has 0 aliphatic rings. The van der Waals surface area contributed by atoms with Crippen molar-refractivity contribution in [2.24, 2.45) is 0 Å². The molecule has 2 aromatic rings. The number of amides is 1. The van der Waals surface area contributed by atoms with Gasteiger partial charge in [0.05, 0.1) is 12.4 Å². The molecule has 128 valence electrons. The topological polar surface area (TPSA) is 38.3 Å². The highest BCUT2D eigenvalue weighted by atomic mass is 79.9. The van der Waals surface area contributed by atoms with Gasteiger partial charge in [-0.3, -0.25) is 4.79 Å². The number of carbonyl (C=O) groups excluding carboxylic acids is 1. The molecule has 1 amide bonds. The van der Waals surface area contributed by atoms with Crippen molar-refractivity contribution in [2.45, 2.75) is 6.42 Å². The highest BCUT2D eigenvalue weighted by molar-refractivity contribution is 9.10. The number of ether oxygens (including phenoxy) is 1. The van der Waals surface area contributed by atoms with Crippen molar-refractivity contribution >= 4 is 33.6 Å². The van der Waals surface area contributed by atoms with E-state index in [2.05, 4.69) is 21.2 Å². The van der Waals surface area contributed by atoms with Crippen molar-refractivity contribution in [1.82, 2.24) is 5.32 Å². The van der Waals surface area contributed by atoms with Crippen molar-refractivity contribution in [3.63, 3.8) is 0 Å². The van der Waals surface area contributed by atoms with Gasteiger partial charge >= 0.3 is 0 Å². The number of benzene rings is 2. The fraction of sp³-hybridized carbons (Fsp3) is 0.278. The molecule has 0 saturated heterocycles. The molecule has 0 radical (unpaired) electrons. The number of halogens is 2. The molecule has 24 heavy (non-hydrogen) atoms. The van der Waals surface area contributed by atoms with Crippen LogP contribution in [0.25, 0.3) is 0 Å². The van der Waals surface area contributed by atoms with Crippen LogP contribution in [0.2, 0.25) is 0 Å². The van der Waals surface area contributed by atoms with Crippen LogP contribution in [0.15, 0.2) is 53.0 Å². The largest absolute Gasteiger partial charge is 0.493 e. The minimum absolute atomic E-state index is 0.00533. The van der Waals surface area contributed by atoms with E-state index in [0.717, 1.165) is 21.5 Å². The normalized spacial score (nSPS) is 10.4. The van der Waals surface area contributed by atoms with E-state index in [-0.39, 0.29) is 11.7 Å². The lowest BCUT2D eigenvalue weighted by atomic mass is 10.1. The SMILES string of the molecule is O=C(CSCCOc1ccc(Br)cc1)NCCc1ccc(F)cc1. The third kappa shape index (κ3) is 7.36. The second kappa shape index (κ2) is 10.4. The lowest BCUT2D eigenvalue weighted by molar-refractivity contribution is -0.118. The maximum atomic E-state index is 12.8. The summed E-state index contributed by atoms with van der Waals surface area (Å²) in [6, 6.07) is 14.0. The fourth-order valence-electron chi connectivity index (χ4n) is 1.96. The average molecular weight is 412 g/mol. The zero-order valence-corrected chi connectivity index (χ0v) is 15.5. The summed E-state index contributed by atoms with van der Waals surface area (Å²) in [7, 11) is 0. The molecule has 0 fully saturated rings. The van der Waals surface area contributed by atoms with Crippen LogP contribution in [0.3, 0.4) is 0 Å². The highest BCUT2D eigenvalue weighted by Gasteiger charge is 2.02. The first-order valence-electron chi connectivity index (χ1n) is 7.61. The molecule has 2 aromatic carbocycles. The zero-order chi connectivity index (χ0) is 17.2. The van der Waals surface area contributed by atoms with Gasteiger partial charge in [0.15, 0.2) is 0 Å². The van der Waals surface area contributed by atoms with Crippen molar-refractivity contribution < 1.29 is 13.9 Å². The first-order chi connectivity index (χ1) is 11.6. The number of thioether (sulfide) groups is 1. The monoisotopic (exact) mass is 411 g/mol. The molecule has 0 bridgehead atoms. The van der Waals surface area contributed by atoms with Gasteiger partial charge in [-0.05, 0) is 48.4 Å². The lowest BCUT2D eigenvalue weighted by Gasteiger charge is -2.07. The first-order valence-corrected chi connectivity index (χ1v) is 9.55. The van der Waals surface area contributed by atoms with E-state index < -0.39 is 0 Å². The van der Waals surface area contributed by atoms with E-state index in [1.165, 1.54) is 23.9 Å². The Morgan fingerprint density at radius 2 is 1.83 bits per heavy atom. The van der Waals surface area contributed by atoms with Crippen LogP contribution in [-0.2, 0) is 11.2 Å². The molecular formula is C18H19BrFNO2S. The highest BCUT2D eigenvalue weighted by Crippen LogP contribution is 2.16. The third-order valence-electron chi connectivity index (χ3n) is 3.19. The molecule has 1 N–H and O–H groups in total. The van der Waals surface area contributed by atoms with Gasteiger partial charge in [0.2, 0.25) is 5.91 Å². The van der Waals surface area contributed by atoms with Gasteiger partial charge in [-0.2, -0.15) is 0 Å². The van der Waals surface area contributed by atoms with Crippen molar-refractivity contribution in [1.29, 1.82) is 0 Å². The number of carbonyl (C=O) groups is 1. The Bertz CT molecular complexity index is 634. The molecule has 0 spiro atoms. The summed E-state index contributed by atoms with van der Waals surface area (Å²) in [6.45, 7) is 1.12. The summed E-state index contributed by atoms with van der Waals surface area (Å²) >= 11 is 4.91. The standard InChI is InChI=1S/C18H19BrFNO2S/c19-15-3-7-17(8-4-15)23-11-12-24-13-18(22)21-10-9-14-1-5-16(20)6-2-14/h1-8H,9-13H2,(H,21,22). The quantitative estimate of drug-likeness (QED) is 0.632. The van der Waals surface area contributed by atoms with Gasteiger partial charge < -0.3 is 10.1 Å². The van der Waals surface area contributed by atoms with Crippen LogP contribution in [-0.4, -0.2) is 30.6 Å². The Kier molecular flexibility index (Phi) is 8.12. The van der Waals surface area contributed by atoms with E-state index >= 15 is 0 Å². The predicted octanol–water partition coefficient (Wildman–Crippen LogP) is 4.06. The summed E-state index contributed by atoms with van der Waals surface area (Å²) in [5, 5.41) is 2.86. The minimum Gasteiger partial charge on any atom is -0.493 e. The Labute approximate surface area is 154 Å². The van der Waals surface area contributed by atoms with Crippen LogP contribution in [0, 0.1) is 5.82 Å². The Morgan fingerprint density at radius 3 is 2.54 bits per heavy atom. The summed E-state index contributed by atoms with van der Waals surface area (Å²) in [6.07, 6.45) is 0.698. The summed E-state index contributed by atoms with van der Waals surface area (Å²) in [5.74, 6) is 1.74. The van der Waals surface area contributed by atoms with Crippen LogP contribution in [0.4, 0.5) is 4.39 Å². The number of rotatable bonds is 9. The van der Waals surface area contributed by atoms with Gasteiger partial charge in [-0.1, -0.05) is 28.1 Å². The molecule has 0 heterocycles. The smallest absolute Gasteiger partial charge is 0.230 e. The number of hydrogen-bond acceptors (Lipinski definition) is 3.